The number of nitrogens with one attached hydrogen (secondary N) is 2. The molecule has 0 aromatic heterocycles. The Morgan fingerprint density at radius 3 is 2.80 bits per heavy atom. The standard InChI is InChI=1S/C15H22N2O2.ClH/c1-12-2-4-13(5-3-12)6-7-17-15(18)10-14-11-19-9-8-16-14;/h2-5,14,16H,6-11H2,1H3,(H,17,18);1H. The Morgan fingerprint density at radius 1 is 1.40 bits per heavy atom. The second-order valence-corrected chi connectivity index (χ2v) is 5.02. The number of carbonyl (C=O) groups excluding carboxylic acids is 1. The van der Waals surface area contributed by atoms with Gasteiger partial charge in [-0.2, -0.15) is 0 Å². The number of hydrogen-bond donors (Lipinski definition) is 2. The van der Waals surface area contributed by atoms with Gasteiger partial charge in [0.1, 0.15) is 0 Å². The fourth-order valence-electron chi connectivity index (χ4n) is 2.15. The van der Waals surface area contributed by atoms with Crippen LogP contribution in [0.5, 0.6) is 0 Å². The summed E-state index contributed by atoms with van der Waals surface area (Å²) in [4.78, 5) is 11.7. The van der Waals surface area contributed by atoms with Crippen molar-refractivity contribution in [2.75, 3.05) is 26.3 Å². The molecule has 0 saturated carbocycles. The van der Waals surface area contributed by atoms with Crippen LogP contribution in [0.4, 0.5) is 0 Å². The van der Waals surface area contributed by atoms with Gasteiger partial charge >= 0.3 is 0 Å². The van der Waals surface area contributed by atoms with E-state index in [9.17, 15) is 4.79 Å². The predicted molar refractivity (Wildman–Crippen MR) is 82.4 cm³/mol. The monoisotopic (exact) mass is 298 g/mol. The van der Waals surface area contributed by atoms with Crippen LogP contribution in [0.25, 0.3) is 0 Å². The van der Waals surface area contributed by atoms with Crippen molar-refractivity contribution in [2.24, 2.45) is 0 Å². The maximum atomic E-state index is 11.7. The van der Waals surface area contributed by atoms with Gasteiger partial charge in [-0.05, 0) is 18.9 Å². The van der Waals surface area contributed by atoms with Crippen LogP contribution in [0.3, 0.4) is 0 Å². The van der Waals surface area contributed by atoms with Gasteiger partial charge < -0.3 is 15.4 Å². The van der Waals surface area contributed by atoms with Gasteiger partial charge in [0, 0.05) is 25.6 Å². The molecule has 1 aliphatic rings. The summed E-state index contributed by atoms with van der Waals surface area (Å²) in [6, 6.07) is 8.57. The second kappa shape index (κ2) is 8.95. The van der Waals surface area contributed by atoms with Crippen LogP contribution < -0.4 is 10.6 Å². The predicted octanol–water partition coefficient (Wildman–Crippen LogP) is 1.45. The van der Waals surface area contributed by atoms with Crippen molar-refractivity contribution < 1.29 is 9.53 Å². The molecule has 20 heavy (non-hydrogen) atoms. The van der Waals surface area contributed by atoms with Gasteiger partial charge in [0.15, 0.2) is 0 Å². The molecule has 1 atom stereocenters. The highest BCUT2D eigenvalue weighted by atomic mass is 35.5. The molecule has 1 heterocycles. The summed E-state index contributed by atoms with van der Waals surface area (Å²) < 4.78 is 5.33. The van der Waals surface area contributed by atoms with Crippen LogP contribution in [0.1, 0.15) is 17.5 Å². The Balaban J connectivity index is 0.00000200. The summed E-state index contributed by atoms with van der Waals surface area (Å²) >= 11 is 0. The minimum atomic E-state index is 0. The van der Waals surface area contributed by atoms with E-state index >= 15 is 0 Å². The second-order valence-electron chi connectivity index (χ2n) is 5.02. The first-order valence-electron chi connectivity index (χ1n) is 6.87. The van der Waals surface area contributed by atoms with Crippen molar-refractivity contribution >= 4 is 18.3 Å². The smallest absolute Gasteiger partial charge is 0.221 e. The number of amides is 1. The molecule has 112 valence electrons. The zero-order valence-electron chi connectivity index (χ0n) is 11.9. The summed E-state index contributed by atoms with van der Waals surface area (Å²) in [5, 5.41) is 6.24. The number of morpholine rings is 1. The molecule has 1 fully saturated rings. The first-order valence-corrected chi connectivity index (χ1v) is 6.87. The topological polar surface area (TPSA) is 50.4 Å². The number of benzene rings is 1. The highest BCUT2D eigenvalue weighted by Crippen LogP contribution is 2.03. The lowest BCUT2D eigenvalue weighted by molar-refractivity contribution is -0.122. The molecular weight excluding hydrogens is 276 g/mol. The van der Waals surface area contributed by atoms with Gasteiger partial charge in [-0.25, -0.2) is 0 Å². The lowest BCUT2D eigenvalue weighted by atomic mass is 10.1. The molecule has 1 saturated heterocycles. The molecular formula is C15H23ClN2O2. The largest absolute Gasteiger partial charge is 0.378 e. The van der Waals surface area contributed by atoms with Crippen LogP contribution in [-0.2, 0) is 16.0 Å². The van der Waals surface area contributed by atoms with Crippen molar-refractivity contribution in [3.05, 3.63) is 35.4 Å². The summed E-state index contributed by atoms with van der Waals surface area (Å²) in [6.07, 6.45) is 1.37. The maximum Gasteiger partial charge on any atom is 0.221 e. The van der Waals surface area contributed by atoms with Crippen molar-refractivity contribution in [3.8, 4) is 0 Å². The molecule has 1 amide bonds. The zero-order valence-corrected chi connectivity index (χ0v) is 12.7. The molecule has 1 unspecified atom stereocenters. The third kappa shape index (κ3) is 5.90. The summed E-state index contributed by atoms with van der Waals surface area (Å²) in [5.41, 5.74) is 2.51. The van der Waals surface area contributed by atoms with Gasteiger partial charge in [0.25, 0.3) is 0 Å². The Morgan fingerprint density at radius 2 is 2.15 bits per heavy atom. The normalized spacial score (nSPS) is 18.1. The van der Waals surface area contributed by atoms with E-state index in [2.05, 4.69) is 41.8 Å². The molecule has 1 aliphatic heterocycles. The van der Waals surface area contributed by atoms with E-state index in [-0.39, 0.29) is 24.4 Å². The Kier molecular flexibility index (Phi) is 7.59. The average Bonchev–Trinajstić information content (AvgIpc) is 2.42. The number of halogens is 1. The number of rotatable bonds is 5. The lowest BCUT2D eigenvalue weighted by Gasteiger charge is -2.23. The van der Waals surface area contributed by atoms with E-state index in [1.807, 2.05) is 0 Å². The SMILES string of the molecule is Cc1ccc(CCNC(=O)CC2COCCN2)cc1.Cl. The van der Waals surface area contributed by atoms with E-state index < -0.39 is 0 Å². The van der Waals surface area contributed by atoms with Gasteiger partial charge in [-0.15, -0.1) is 12.4 Å². The quantitative estimate of drug-likeness (QED) is 0.865. The fourth-order valence-corrected chi connectivity index (χ4v) is 2.15. The first kappa shape index (κ1) is 17.0. The van der Waals surface area contributed by atoms with E-state index in [0.717, 1.165) is 19.6 Å². The number of hydrogen-bond acceptors (Lipinski definition) is 3. The van der Waals surface area contributed by atoms with Gasteiger partial charge in [0.05, 0.1) is 13.2 Å². The summed E-state index contributed by atoms with van der Waals surface area (Å²) in [6.45, 7) is 4.97. The zero-order chi connectivity index (χ0) is 13.5. The highest BCUT2D eigenvalue weighted by molar-refractivity contribution is 5.85. The Labute approximate surface area is 126 Å². The lowest BCUT2D eigenvalue weighted by Crippen LogP contribution is -2.44. The first-order chi connectivity index (χ1) is 9.24. The third-order valence-corrected chi connectivity index (χ3v) is 3.29. The number of ether oxygens (including phenoxy) is 1. The van der Waals surface area contributed by atoms with Crippen molar-refractivity contribution in [2.45, 2.75) is 25.8 Å². The van der Waals surface area contributed by atoms with Gasteiger partial charge in [0.2, 0.25) is 5.91 Å². The van der Waals surface area contributed by atoms with Gasteiger partial charge in [-0.3, -0.25) is 4.79 Å². The fraction of sp³-hybridized carbons (Fsp3) is 0.533. The molecule has 0 radical (unpaired) electrons. The minimum Gasteiger partial charge on any atom is -0.378 e. The molecule has 2 rings (SSSR count). The van der Waals surface area contributed by atoms with E-state index in [0.29, 0.717) is 19.6 Å². The molecule has 5 heteroatoms. The molecule has 2 N–H and O–H groups in total. The number of aryl methyl sites for hydroxylation is 1. The van der Waals surface area contributed by atoms with E-state index in [1.165, 1.54) is 11.1 Å². The molecule has 0 spiro atoms. The molecule has 0 aliphatic carbocycles. The summed E-state index contributed by atoms with van der Waals surface area (Å²) in [5.74, 6) is 0.0927. The minimum absolute atomic E-state index is 0. The Hall–Kier alpha value is -1.10. The molecule has 0 bridgehead atoms. The molecule has 4 nitrogen and oxygen atoms in total. The Bertz CT molecular complexity index is 403. The summed E-state index contributed by atoms with van der Waals surface area (Å²) in [7, 11) is 0. The maximum absolute atomic E-state index is 11.7. The van der Waals surface area contributed by atoms with Crippen LogP contribution in [-0.4, -0.2) is 38.3 Å². The van der Waals surface area contributed by atoms with Crippen molar-refractivity contribution in [1.82, 2.24) is 10.6 Å². The van der Waals surface area contributed by atoms with Gasteiger partial charge in [-0.1, -0.05) is 29.8 Å². The van der Waals surface area contributed by atoms with Crippen LogP contribution >= 0.6 is 12.4 Å². The van der Waals surface area contributed by atoms with Crippen LogP contribution in [0.2, 0.25) is 0 Å². The van der Waals surface area contributed by atoms with Crippen molar-refractivity contribution in [3.63, 3.8) is 0 Å². The number of carbonyl (C=O) groups is 1. The van der Waals surface area contributed by atoms with E-state index in [1.54, 1.807) is 0 Å². The third-order valence-electron chi connectivity index (χ3n) is 3.29. The average molecular weight is 299 g/mol. The van der Waals surface area contributed by atoms with Crippen molar-refractivity contribution in [1.29, 1.82) is 0 Å². The van der Waals surface area contributed by atoms with Crippen LogP contribution in [0.15, 0.2) is 24.3 Å². The molecule has 1 aromatic rings. The molecule has 1 aromatic carbocycles. The highest BCUT2D eigenvalue weighted by Gasteiger charge is 2.16. The van der Waals surface area contributed by atoms with E-state index in [4.69, 9.17) is 4.74 Å². The van der Waals surface area contributed by atoms with Crippen LogP contribution in [0, 0.1) is 6.92 Å².